The van der Waals surface area contributed by atoms with Crippen LogP contribution in [0.25, 0.3) is 0 Å². The largest absolute Gasteiger partial charge is 0.373 e. The maximum absolute atomic E-state index is 12.2. The highest BCUT2D eigenvalue weighted by Crippen LogP contribution is 2.29. The van der Waals surface area contributed by atoms with Crippen molar-refractivity contribution in [2.45, 2.75) is 58.3 Å². The molecule has 2 aliphatic rings. The third kappa shape index (κ3) is 2.47. The lowest BCUT2D eigenvalue weighted by atomic mass is 10.0. The number of nitrogens with zero attached hydrogens (tertiary/aromatic N) is 1. The quantitative estimate of drug-likeness (QED) is 0.810. The van der Waals surface area contributed by atoms with E-state index in [1.807, 2.05) is 11.8 Å². The second kappa shape index (κ2) is 4.58. The fourth-order valence-electron chi connectivity index (χ4n) is 2.85. The van der Waals surface area contributed by atoms with Crippen molar-refractivity contribution in [3.8, 4) is 0 Å². The third-order valence-electron chi connectivity index (χ3n) is 3.85. The van der Waals surface area contributed by atoms with Gasteiger partial charge in [-0.1, -0.05) is 13.8 Å². The van der Waals surface area contributed by atoms with Crippen molar-refractivity contribution in [3.05, 3.63) is 0 Å². The predicted octanol–water partition coefficient (Wildman–Crippen LogP) is 1.36. The van der Waals surface area contributed by atoms with E-state index in [0.29, 0.717) is 12.5 Å². The van der Waals surface area contributed by atoms with Crippen LogP contribution in [0.5, 0.6) is 0 Å². The summed E-state index contributed by atoms with van der Waals surface area (Å²) in [6, 6.07) is -0.0626. The standard InChI is InChI=1S/C13H24N2O2/c1-9(2)11-14-10(3)12(16)15(11)8-13(4)6-5-7-17-13/h9-11,14H,5-8H2,1-4H3. The number of carbonyl (C=O) groups is 1. The van der Waals surface area contributed by atoms with E-state index in [9.17, 15) is 4.79 Å². The molecular formula is C13H24N2O2. The number of ether oxygens (including phenoxy) is 1. The van der Waals surface area contributed by atoms with Crippen molar-refractivity contribution in [1.82, 2.24) is 10.2 Å². The van der Waals surface area contributed by atoms with Crippen molar-refractivity contribution < 1.29 is 9.53 Å². The number of rotatable bonds is 3. The van der Waals surface area contributed by atoms with E-state index in [4.69, 9.17) is 4.74 Å². The van der Waals surface area contributed by atoms with Crippen LogP contribution >= 0.6 is 0 Å². The van der Waals surface area contributed by atoms with Crippen LogP contribution in [0.1, 0.15) is 40.5 Å². The van der Waals surface area contributed by atoms with Gasteiger partial charge in [-0.25, -0.2) is 0 Å². The van der Waals surface area contributed by atoms with Crippen molar-refractivity contribution >= 4 is 5.91 Å². The zero-order valence-electron chi connectivity index (χ0n) is 11.3. The molecule has 1 amide bonds. The molecule has 2 saturated heterocycles. The van der Waals surface area contributed by atoms with Crippen LogP contribution in [-0.2, 0) is 9.53 Å². The normalized spacial score (nSPS) is 38.4. The molecule has 0 aromatic heterocycles. The first-order chi connectivity index (χ1) is 7.93. The number of carbonyl (C=O) groups excluding carboxylic acids is 1. The van der Waals surface area contributed by atoms with Crippen molar-refractivity contribution in [1.29, 1.82) is 0 Å². The molecule has 0 aliphatic carbocycles. The molecule has 17 heavy (non-hydrogen) atoms. The first-order valence-electron chi connectivity index (χ1n) is 6.63. The van der Waals surface area contributed by atoms with E-state index in [0.717, 1.165) is 19.4 Å². The molecule has 4 heteroatoms. The van der Waals surface area contributed by atoms with Crippen LogP contribution in [0.4, 0.5) is 0 Å². The van der Waals surface area contributed by atoms with Crippen LogP contribution in [0.15, 0.2) is 0 Å². The molecule has 2 aliphatic heterocycles. The lowest BCUT2D eigenvalue weighted by molar-refractivity contribution is -0.134. The Morgan fingerprint density at radius 2 is 2.29 bits per heavy atom. The average molecular weight is 240 g/mol. The van der Waals surface area contributed by atoms with Gasteiger partial charge in [0.15, 0.2) is 0 Å². The van der Waals surface area contributed by atoms with E-state index in [1.54, 1.807) is 0 Å². The molecule has 1 N–H and O–H groups in total. The Morgan fingerprint density at radius 3 is 2.82 bits per heavy atom. The molecule has 3 unspecified atom stereocenters. The van der Waals surface area contributed by atoms with Gasteiger partial charge in [0, 0.05) is 6.61 Å². The van der Waals surface area contributed by atoms with E-state index in [2.05, 4.69) is 26.1 Å². The molecule has 0 saturated carbocycles. The molecule has 0 aromatic rings. The Hall–Kier alpha value is -0.610. The molecule has 0 aromatic carbocycles. The van der Waals surface area contributed by atoms with Crippen molar-refractivity contribution in [3.63, 3.8) is 0 Å². The topological polar surface area (TPSA) is 41.6 Å². The van der Waals surface area contributed by atoms with Crippen LogP contribution < -0.4 is 5.32 Å². The van der Waals surface area contributed by atoms with Gasteiger partial charge in [0.25, 0.3) is 0 Å². The van der Waals surface area contributed by atoms with Gasteiger partial charge in [-0.05, 0) is 32.6 Å². The van der Waals surface area contributed by atoms with Gasteiger partial charge in [0.1, 0.15) is 0 Å². The molecule has 2 rings (SSSR count). The fraction of sp³-hybridized carbons (Fsp3) is 0.923. The van der Waals surface area contributed by atoms with Crippen LogP contribution in [-0.4, -0.2) is 41.8 Å². The number of hydrogen-bond donors (Lipinski definition) is 1. The van der Waals surface area contributed by atoms with Crippen LogP contribution in [0.3, 0.4) is 0 Å². The van der Waals surface area contributed by atoms with Gasteiger partial charge >= 0.3 is 0 Å². The minimum Gasteiger partial charge on any atom is -0.373 e. The van der Waals surface area contributed by atoms with Crippen molar-refractivity contribution in [2.75, 3.05) is 13.2 Å². The molecule has 2 heterocycles. The summed E-state index contributed by atoms with van der Waals surface area (Å²) in [5.74, 6) is 0.634. The SMILES string of the molecule is CC1NC(C(C)C)N(CC2(C)CCCO2)C1=O. The zero-order valence-corrected chi connectivity index (χ0v) is 11.3. The van der Waals surface area contributed by atoms with E-state index in [-0.39, 0.29) is 23.7 Å². The maximum atomic E-state index is 12.2. The van der Waals surface area contributed by atoms with Gasteiger partial charge in [-0.2, -0.15) is 0 Å². The summed E-state index contributed by atoms with van der Waals surface area (Å²) >= 11 is 0. The number of nitrogens with one attached hydrogen (secondary N) is 1. The summed E-state index contributed by atoms with van der Waals surface area (Å²) < 4.78 is 5.79. The number of amides is 1. The Balaban J connectivity index is 2.09. The van der Waals surface area contributed by atoms with E-state index < -0.39 is 0 Å². The highest BCUT2D eigenvalue weighted by atomic mass is 16.5. The summed E-state index contributed by atoms with van der Waals surface area (Å²) in [6.45, 7) is 9.89. The summed E-state index contributed by atoms with van der Waals surface area (Å²) in [6.07, 6.45) is 2.31. The fourth-order valence-corrected chi connectivity index (χ4v) is 2.85. The predicted molar refractivity (Wildman–Crippen MR) is 66.5 cm³/mol. The zero-order chi connectivity index (χ0) is 12.6. The molecule has 2 fully saturated rings. The second-order valence-electron chi connectivity index (χ2n) is 5.95. The van der Waals surface area contributed by atoms with Crippen LogP contribution in [0.2, 0.25) is 0 Å². The molecule has 0 spiro atoms. The molecule has 0 bridgehead atoms. The Bertz CT molecular complexity index is 298. The highest BCUT2D eigenvalue weighted by Gasteiger charge is 2.42. The van der Waals surface area contributed by atoms with Gasteiger partial charge in [-0.3, -0.25) is 10.1 Å². The smallest absolute Gasteiger partial charge is 0.240 e. The highest BCUT2D eigenvalue weighted by molar-refractivity contribution is 5.84. The third-order valence-corrected chi connectivity index (χ3v) is 3.85. The lowest BCUT2D eigenvalue weighted by Gasteiger charge is -2.34. The summed E-state index contributed by atoms with van der Waals surface area (Å²) in [7, 11) is 0. The first-order valence-corrected chi connectivity index (χ1v) is 6.63. The van der Waals surface area contributed by atoms with E-state index >= 15 is 0 Å². The molecule has 4 nitrogen and oxygen atoms in total. The Kier molecular flexibility index (Phi) is 3.46. The molecule has 3 atom stereocenters. The first kappa shape index (κ1) is 12.8. The molecule has 98 valence electrons. The summed E-state index contributed by atoms with van der Waals surface area (Å²) in [4.78, 5) is 14.1. The summed E-state index contributed by atoms with van der Waals surface area (Å²) in [5, 5.41) is 3.37. The Labute approximate surface area is 104 Å². The van der Waals surface area contributed by atoms with Crippen LogP contribution in [0, 0.1) is 5.92 Å². The van der Waals surface area contributed by atoms with Crippen molar-refractivity contribution in [2.24, 2.45) is 5.92 Å². The second-order valence-corrected chi connectivity index (χ2v) is 5.95. The number of hydrogen-bond acceptors (Lipinski definition) is 3. The Morgan fingerprint density at radius 1 is 1.59 bits per heavy atom. The van der Waals surface area contributed by atoms with Gasteiger partial charge in [0.2, 0.25) is 5.91 Å². The summed E-state index contributed by atoms with van der Waals surface area (Å²) in [5.41, 5.74) is -0.144. The minimum absolute atomic E-state index is 0.0626. The van der Waals surface area contributed by atoms with Gasteiger partial charge in [0.05, 0.1) is 24.4 Å². The molecular weight excluding hydrogens is 216 g/mol. The van der Waals surface area contributed by atoms with E-state index in [1.165, 1.54) is 0 Å². The average Bonchev–Trinajstić information content (AvgIpc) is 2.78. The van der Waals surface area contributed by atoms with Gasteiger partial charge < -0.3 is 9.64 Å². The van der Waals surface area contributed by atoms with Gasteiger partial charge in [-0.15, -0.1) is 0 Å². The monoisotopic (exact) mass is 240 g/mol. The molecule has 0 radical (unpaired) electrons. The lowest BCUT2D eigenvalue weighted by Crippen LogP contribution is -2.48. The maximum Gasteiger partial charge on any atom is 0.240 e. The minimum atomic E-state index is -0.144.